The van der Waals surface area contributed by atoms with E-state index in [1.54, 1.807) is 23.4 Å². The highest BCUT2D eigenvalue weighted by Crippen LogP contribution is 2.37. The summed E-state index contributed by atoms with van der Waals surface area (Å²) < 4.78 is 1.55. The van der Waals surface area contributed by atoms with Crippen molar-refractivity contribution >= 4 is 11.8 Å². The Kier molecular flexibility index (Phi) is 4.17. The first-order valence-corrected chi connectivity index (χ1v) is 7.40. The van der Waals surface area contributed by atoms with Gasteiger partial charge in [-0.2, -0.15) is 0 Å². The number of rotatable bonds is 3. The van der Waals surface area contributed by atoms with E-state index in [2.05, 4.69) is 24.0 Å². The first kappa shape index (κ1) is 13.7. The smallest absolute Gasteiger partial charge is 0.327 e. The fraction of sp³-hybridized carbons (Fsp3) is 0.833. The van der Waals surface area contributed by atoms with Gasteiger partial charge in [0.1, 0.15) is 0 Å². The predicted molar refractivity (Wildman–Crippen MR) is 73.6 cm³/mol. The molecule has 0 bridgehead atoms. The second-order valence-corrected chi connectivity index (χ2v) is 6.71. The van der Waals surface area contributed by atoms with Crippen molar-refractivity contribution in [3.8, 4) is 0 Å². The zero-order valence-electron chi connectivity index (χ0n) is 11.2. The van der Waals surface area contributed by atoms with E-state index >= 15 is 0 Å². The van der Waals surface area contributed by atoms with E-state index in [0.29, 0.717) is 11.2 Å². The van der Waals surface area contributed by atoms with E-state index in [0.717, 1.165) is 23.9 Å². The van der Waals surface area contributed by atoms with Crippen molar-refractivity contribution in [1.82, 2.24) is 14.8 Å². The van der Waals surface area contributed by atoms with Crippen molar-refractivity contribution in [2.75, 3.05) is 0 Å². The number of nitrogens with one attached hydrogen (secondary N) is 1. The third-order valence-corrected chi connectivity index (χ3v) is 5.34. The molecule has 1 aliphatic carbocycles. The Balaban J connectivity index is 2.07. The predicted octanol–water partition coefficient (Wildman–Crippen LogP) is 1.35. The van der Waals surface area contributed by atoms with Gasteiger partial charge in [-0.3, -0.25) is 4.57 Å². The number of aromatic nitrogens is 3. The number of aromatic amines is 1. The summed E-state index contributed by atoms with van der Waals surface area (Å²) in [5.41, 5.74) is 6.04. The van der Waals surface area contributed by atoms with Crippen LogP contribution >= 0.6 is 11.8 Å². The largest absolute Gasteiger partial charge is 0.343 e. The molecule has 0 spiro atoms. The van der Waals surface area contributed by atoms with Gasteiger partial charge in [0, 0.05) is 18.3 Å². The molecule has 3 N–H and O–H groups in total. The molecule has 1 aromatic rings. The van der Waals surface area contributed by atoms with Gasteiger partial charge >= 0.3 is 5.69 Å². The molecule has 0 aliphatic heterocycles. The summed E-state index contributed by atoms with van der Waals surface area (Å²) >= 11 is 1.64. The molecular formula is C12H22N4OS. The van der Waals surface area contributed by atoms with Crippen molar-refractivity contribution in [2.24, 2.45) is 24.6 Å². The summed E-state index contributed by atoms with van der Waals surface area (Å²) in [6, 6.07) is 0.205. The first-order chi connectivity index (χ1) is 8.49. The quantitative estimate of drug-likeness (QED) is 0.869. The first-order valence-electron chi connectivity index (χ1n) is 6.52. The lowest BCUT2D eigenvalue weighted by atomic mass is 9.79. The highest BCUT2D eigenvalue weighted by atomic mass is 32.2. The lowest BCUT2D eigenvalue weighted by molar-refractivity contribution is 0.266. The highest BCUT2D eigenvalue weighted by Gasteiger charge is 2.31. The average Bonchev–Trinajstić information content (AvgIpc) is 2.63. The Morgan fingerprint density at radius 1 is 1.50 bits per heavy atom. The minimum atomic E-state index is -0.165. The van der Waals surface area contributed by atoms with Crippen molar-refractivity contribution in [2.45, 2.75) is 49.6 Å². The molecule has 18 heavy (non-hydrogen) atoms. The van der Waals surface area contributed by atoms with Gasteiger partial charge in [0.05, 0.1) is 0 Å². The fourth-order valence-corrected chi connectivity index (χ4v) is 3.76. The molecule has 1 saturated carbocycles. The number of nitrogens with zero attached hydrogens (tertiary/aromatic N) is 2. The Labute approximate surface area is 112 Å². The van der Waals surface area contributed by atoms with Crippen LogP contribution in [0.25, 0.3) is 0 Å². The van der Waals surface area contributed by atoms with E-state index in [1.165, 1.54) is 6.42 Å². The van der Waals surface area contributed by atoms with Crippen LogP contribution in [0.1, 0.15) is 33.1 Å². The molecule has 1 heterocycles. The second kappa shape index (κ2) is 5.48. The lowest BCUT2D eigenvalue weighted by Gasteiger charge is -2.35. The Morgan fingerprint density at radius 2 is 2.22 bits per heavy atom. The summed E-state index contributed by atoms with van der Waals surface area (Å²) in [4.78, 5) is 11.3. The zero-order valence-corrected chi connectivity index (χ0v) is 12.0. The molecule has 1 fully saturated rings. The Morgan fingerprint density at radius 3 is 2.78 bits per heavy atom. The maximum absolute atomic E-state index is 11.3. The molecule has 1 aliphatic rings. The van der Waals surface area contributed by atoms with Crippen LogP contribution in [0, 0.1) is 11.8 Å². The van der Waals surface area contributed by atoms with E-state index in [-0.39, 0.29) is 11.7 Å². The SMILES string of the molecule is CC(C)C1CCC(N)C(Sc2n[nH]c(=O)n2C)C1. The van der Waals surface area contributed by atoms with Crippen LogP contribution in [0.4, 0.5) is 0 Å². The van der Waals surface area contributed by atoms with E-state index in [4.69, 9.17) is 5.73 Å². The molecule has 3 atom stereocenters. The van der Waals surface area contributed by atoms with Crippen LogP contribution in [-0.2, 0) is 7.05 Å². The highest BCUT2D eigenvalue weighted by molar-refractivity contribution is 7.99. The van der Waals surface area contributed by atoms with Crippen LogP contribution in [0.5, 0.6) is 0 Å². The molecular weight excluding hydrogens is 248 g/mol. The number of H-pyrrole nitrogens is 1. The lowest BCUT2D eigenvalue weighted by Crippen LogP contribution is -2.39. The zero-order chi connectivity index (χ0) is 13.3. The molecule has 3 unspecified atom stereocenters. The van der Waals surface area contributed by atoms with E-state index in [9.17, 15) is 4.79 Å². The van der Waals surface area contributed by atoms with E-state index in [1.807, 2.05) is 0 Å². The third kappa shape index (κ3) is 2.80. The molecule has 0 radical (unpaired) electrons. The Hall–Kier alpha value is -0.750. The van der Waals surface area contributed by atoms with Crippen LogP contribution in [0.15, 0.2) is 9.95 Å². The molecule has 102 valence electrons. The normalized spacial score (nSPS) is 28.8. The van der Waals surface area contributed by atoms with Gasteiger partial charge in [0.25, 0.3) is 0 Å². The molecule has 0 aromatic carbocycles. The van der Waals surface area contributed by atoms with Gasteiger partial charge in [-0.05, 0) is 31.1 Å². The monoisotopic (exact) mass is 270 g/mol. The molecule has 0 saturated heterocycles. The van der Waals surface area contributed by atoms with Gasteiger partial charge in [-0.1, -0.05) is 25.6 Å². The van der Waals surface area contributed by atoms with Gasteiger partial charge in [0.15, 0.2) is 5.16 Å². The second-order valence-electron chi connectivity index (χ2n) is 5.51. The van der Waals surface area contributed by atoms with Gasteiger partial charge in [0.2, 0.25) is 0 Å². The standard InChI is InChI=1S/C12H22N4OS/c1-7(2)8-4-5-9(13)10(6-8)18-12-15-14-11(17)16(12)3/h7-10H,4-6,13H2,1-3H3,(H,14,17). The van der Waals surface area contributed by atoms with Crippen molar-refractivity contribution in [1.29, 1.82) is 0 Å². The summed E-state index contributed by atoms with van der Waals surface area (Å²) in [5.74, 6) is 1.43. The Bertz CT molecular complexity index is 453. The maximum atomic E-state index is 11.3. The summed E-state index contributed by atoms with van der Waals surface area (Å²) in [6.45, 7) is 4.54. The molecule has 5 nitrogen and oxygen atoms in total. The van der Waals surface area contributed by atoms with Crippen LogP contribution in [-0.4, -0.2) is 26.1 Å². The number of hydrogen-bond donors (Lipinski definition) is 2. The number of thioether (sulfide) groups is 1. The van der Waals surface area contributed by atoms with Crippen molar-refractivity contribution in [3.05, 3.63) is 10.5 Å². The van der Waals surface area contributed by atoms with Crippen LogP contribution in [0.3, 0.4) is 0 Å². The number of hydrogen-bond acceptors (Lipinski definition) is 4. The van der Waals surface area contributed by atoms with E-state index < -0.39 is 0 Å². The molecule has 1 aromatic heterocycles. The fourth-order valence-electron chi connectivity index (χ4n) is 2.50. The minimum absolute atomic E-state index is 0.165. The van der Waals surface area contributed by atoms with Crippen molar-refractivity contribution in [3.63, 3.8) is 0 Å². The minimum Gasteiger partial charge on any atom is -0.327 e. The number of nitrogens with two attached hydrogens (primary N) is 1. The van der Waals surface area contributed by atoms with Gasteiger partial charge in [-0.15, -0.1) is 5.10 Å². The van der Waals surface area contributed by atoms with Gasteiger partial charge in [-0.25, -0.2) is 9.89 Å². The van der Waals surface area contributed by atoms with Crippen LogP contribution in [0.2, 0.25) is 0 Å². The average molecular weight is 270 g/mol. The summed E-state index contributed by atoms with van der Waals surface area (Å²) in [5, 5.41) is 7.62. The van der Waals surface area contributed by atoms with Gasteiger partial charge < -0.3 is 5.73 Å². The molecule has 0 amide bonds. The summed E-state index contributed by atoms with van der Waals surface area (Å²) in [6.07, 6.45) is 3.40. The summed E-state index contributed by atoms with van der Waals surface area (Å²) in [7, 11) is 1.74. The maximum Gasteiger partial charge on any atom is 0.343 e. The third-order valence-electron chi connectivity index (χ3n) is 3.92. The topological polar surface area (TPSA) is 76.7 Å². The molecule has 6 heteroatoms. The van der Waals surface area contributed by atoms with Crippen molar-refractivity contribution < 1.29 is 0 Å². The van der Waals surface area contributed by atoms with Crippen LogP contribution < -0.4 is 11.4 Å². The molecule has 2 rings (SSSR count).